The molecule has 27 heavy (non-hydrogen) atoms. The molecule has 1 atom stereocenters. The molecule has 0 amide bonds. The van der Waals surface area contributed by atoms with Crippen molar-refractivity contribution in [3.8, 4) is 0 Å². The van der Waals surface area contributed by atoms with E-state index < -0.39 is 28.4 Å². The van der Waals surface area contributed by atoms with Gasteiger partial charge < -0.3 is 10.6 Å². The Morgan fingerprint density at radius 2 is 1.96 bits per heavy atom. The van der Waals surface area contributed by atoms with E-state index in [4.69, 9.17) is 0 Å². The molecular weight excluding hydrogens is 387 g/mol. The Kier molecular flexibility index (Phi) is 5.91. The van der Waals surface area contributed by atoms with Gasteiger partial charge in [0.2, 0.25) is 0 Å². The summed E-state index contributed by atoms with van der Waals surface area (Å²) in [5.74, 6) is 1.06. The van der Waals surface area contributed by atoms with E-state index in [1.165, 1.54) is 0 Å². The molecule has 2 heterocycles. The third kappa shape index (κ3) is 4.45. The van der Waals surface area contributed by atoms with Gasteiger partial charge in [0.05, 0.1) is 22.2 Å². The van der Waals surface area contributed by atoms with Gasteiger partial charge in [0.25, 0.3) is 5.69 Å². The van der Waals surface area contributed by atoms with Crippen LogP contribution < -0.4 is 10.6 Å². The third-order valence-electron chi connectivity index (χ3n) is 4.13. The maximum atomic E-state index is 13.1. The number of alkyl halides is 3. The second kappa shape index (κ2) is 7.65. The molecule has 0 saturated carbocycles. The fraction of sp³-hybridized carbons (Fsp3) is 0.375. The van der Waals surface area contributed by atoms with Crippen molar-refractivity contribution in [1.82, 2.24) is 15.3 Å². The number of nitro benzene ring substituents is 1. The molecule has 146 valence electrons. The number of hydrogen-bond donors (Lipinski definition) is 2. The highest BCUT2D eigenvalue weighted by Crippen LogP contribution is 2.35. The molecule has 11 heteroatoms. The summed E-state index contributed by atoms with van der Waals surface area (Å²) in [6.45, 7) is 4.50. The van der Waals surface area contributed by atoms with Crippen molar-refractivity contribution in [2.75, 3.05) is 5.32 Å². The number of nitro groups is 1. The zero-order valence-corrected chi connectivity index (χ0v) is 15.2. The van der Waals surface area contributed by atoms with Crippen molar-refractivity contribution < 1.29 is 18.1 Å². The van der Waals surface area contributed by atoms with Crippen LogP contribution in [-0.4, -0.2) is 14.9 Å². The maximum absolute atomic E-state index is 13.1. The fourth-order valence-corrected chi connectivity index (χ4v) is 2.85. The first kappa shape index (κ1) is 20.8. The molecule has 0 saturated heterocycles. The van der Waals surface area contributed by atoms with Gasteiger partial charge in [-0.05, 0) is 25.5 Å². The van der Waals surface area contributed by atoms with Crippen LogP contribution in [0.15, 0.2) is 18.2 Å². The van der Waals surface area contributed by atoms with Crippen LogP contribution >= 0.6 is 12.4 Å². The van der Waals surface area contributed by atoms with Crippen LogP contribution in [0.5, 0.6) is 0 Å². The highest BCUT2D eigenvalue weighted by molar-refractivity contribution is 5.85. The lowest BCUT2D eigenvalue weighted by molar-refractivity contribution is -0.385. The van der Waals surface area contributed by atoms with Crippen molar-refractivity contribution in [3.05, 3.63) is 56.5 Å². The van der Waals surface area contributed by atoms with Gasteiger partial charge in [0, 0.05) is 30.8 Å². The molecule has 3 rings (SSSR count). The topological polar surface area (TPSA) is 93.0 Å². The highest BCUT2D eigenvalue weighted by Gasteiger charge is 2.33. The van der Waals surface area contributed by atoms with E-state index in [1.807, 2.05) is 0 Å². The van der Waals surface area contributed by atoms with Crippen molar-refractivity contribution >= 4 is 23.9 Å². The van der Waals surface area contributed by atoms with Crippen LogP contribution in [0.25, 0.3) is 0 Å². The molecule has 2 N–H and O–H groups in total. The zero-order chi connectivity index (χ0) is 19.1. The SMILES string of the molecule is Cc1nc2c(c(N[C@H](C)c3cc([N+](=O)[O-])cc(C(F)(F)F)c3)n1)CNC2.Cl. The van der Waals surface area contributed by atoms with Gasteiger partial charge in [-0.3, -0.25) is 10.1 Å². The van der Waals surface area contributed by atoms with E-state index in [2.05, 4.69) is 20.6 Å². The molecule has 2 aromatic rings. The quantitative estimate of drug-likeness (QED) is 0.594. The molecule has 1 aromatic heterocycles. The summed E-state index contributed by atoms with van der Waals surface area (Å²) in [5.41, 5.74) is 0.184. The molecule has 7 nitrogen and oxygen atoms in total. The molecule has 1 aliphatic rings. The molecule has 0 bridgehead atoms. The predicted molar refractivity (Wildman–Crippen MR) is 94.7 cm³/mol. The molecule has 0 aliphatic carbocycles. The monoisotopic (exact) mass is 403 g/mol. The number of anilines is 1. The lowest BCUT2D eigenvalue weighted by Gasteiger charge is -2.18. The van der Waals surface area contributed by atoms with E-state index in [-0.39, 0.29) is 18.0 Å². The molecular formula is C16H17ClF3N5O2. The number of nitrogens with one attached hydrogen (secondary N) is 2. The first-order valence-corrected chi connectivity index (χ1v) is 7.85. The Balaban J connectivity index is 0.00000261. The molecule has 1 aromatic carbocycles. The number of aromatic nitrogens is 2. The Labute approximate surface area is 159 Å². The van der Waals surface area contributed by atoms with Crippen molar-refractivity contribution in [2.24, 2.45) is 0 Å². The number of hydrogen-bond acceptors (Lipinski definition) is 6. The summed E-state index contributed by atoms with van der Waals surface area (Å²) in [4.78, 5) is 18.8. The van der Waals surface area contributed by atoms with Gasteiger partial charge in [-0.25, -0.2) is 9.97 Å². The second-order valence-corrected chi connectivity index (χ2v) is 6.08. The van der Waals surface area contributed by atoms with Gasteiger partial charge >= 0.3 is 6.18 Å². The Bertz CT molecular complexity index is 876. The second-order valence-electron chi connectivity index (χ2n) is 6.08. The van der Waals surface area contributed by atoms with Gasteiger partial charge in [0.15, 0.2) is 0 Å². The molecule has 0 fully saturated rings. The lowest BCUT2D eigenvalue weighted by atomic mass is 10.0. The van der Waals surface area contributed by atoms with Crippen LogP contribution in [0.4, 0.5) is 24.7 Å². The molecule has 0 spiro atoms. The van der Waals surface area contributed by atoms with Crippen LogP contribution in [0.1, 0.15) is 41.2 Å². The molecule has 1 aliphatic heterocycles. The van der Waals surface area contributed by atoms with E-state index in [0.717, 1.165) is 23.4 Å². The van der Waals surface area contributed by atoms with E-state index >= 15 is 0 Å². The van der Waals surface area contributed by atoms with Crippen LogP contribution in [0.2, 0.25) is 0 Å². The number of fused-ring (bicyclic) bond motifs is 1. The van der Waals surface area contributed by atoms with Crippen LogP contribution in [0, 0.1) is 17.0 Å². The molecule has 0 radical (unpaired) electrons. The summed E-state index contributed by atoms with van der Waals surface area (Å²) in [7, 11) is 0. The highest BCUT2D eigenvalue weighted by atomic mass is 35.5. The summed E-state index contributed by atoms with van der Waals surface area (Å²) in [5, 5.41) is 17.2. The predicted octanol–water partition coefficient (Wildman–Crippen LogP) is 3.91. The van der Waals surface area contributed by atoms with Gasteiger partial charge in [0.1, 0.15) is 11.6 Å². The van der Waals surface area contributed by atoms with E-state index in [1.54, 1.807) is 13.8 Å². The molecule has 0 unspecified atom stereocenters. The zero-order valence-electron chi connectivity index (χ0n) is 14.4. The summed E-state index contributed by atoms with van der Waals surface area (Å²) in [6.07, 6.45) is -4.67. The summed E-state index contributed by atoms with van der Waals surface area (Å²) in [6, 6.07) is 1.97. The number of rotatable bonds is 4. The van der Waals surface area contributed by atoms with Gasteiger partial charge in [-0.15, -0.1) is 12.4 Å². The van der Waals surface area contributed by atoms with E-state index in [0.29, 0.717) is 30.8 Å². The minimum Gasteiger partial charge on any atom is -0.363 e. The number of aryl methyl sites for hydroxylation is 1. The standard InChI is InChI=1S/C16H16F3N5O2.ClH/c1-8(21-15-13-6-20-7-14(13)22-9(2)23-15)10-3-11(16(17,18)19)5-12(4-10)24(25)26;/h3-5,8,20H,6-7H2,1-2H3,(H,21,22,23);1H/t8-;/m1./s1. The normalized spacial score (nSPS) is 14.3. The third-order valence-corrected chi connectivity index (χ3v) is 4.13. The number of benzene rings is 1. The Hall–Kier alpha value is -2.46. The fourth-order valence-electron chi connectivity index (χ4n) is 2.85. The first-order chi connectivity index (χ1) is 12.1. The smallest absolute Gasteiger partial charge is 0.363 e. The van der Waals surface area contributed by atoms with Crippen LogP contribution in [0.3, 0.4) is 0 Å². The summed E-state index contributed by atoms with van der Waals surface area (Å²) < 4.78 is 39.2. The van der Waals surface area contributed by atoms with Gasteiger partial charge in [-0.1, -0.05) is 0 Å². The lowest BCUT2D eigenvalue weighted by Crippen LogP contribution is -2.14. The first-order valence-electron chi connectivity index (χ1n) is 7.85. The van der Waals surface area contributed by atoms with Gasteiger partial charge in [-0.2, -0.15) is 13.2 Å². The minimum absolute atomic E-state index is 0. The van der Waals surface area contributed by atoms with Crippen molar-refractivity contribution in [3.63, 3.8) is 0 Å². The average Bonchev–Trinajstić information content (AvgIpc) is 3.01. The van der Waals surface area contributed by atoms with Crippen molar-refractivity contribution in [1.29, 1.82) is 0 Å². The number of nitrogens with zero attached hydrogens (tertiary/aromatic N) is 3. The minimum atomic E-state index is -4.67. The Morgan fingerprint density at radius 1 is 1.26 bits per heavy atom. The van der Waals surface area contributed by atoms with Crippen molar-refractivity contribution in [2.45, 2.75) is 39.2 Å². The average molecular weight is 404 g/mol. The van der Waals surface area contributed by atoms with E-state index in [9.17, 15) is 23.3 Å². The maximum Gasteiger partial charge on any atom is 0.416 e. The summed E-state index contributed by atoms with van der Waals surface area (Å²) >= 11 is 0. The number of halogens is 4. The van der Waals surface area contributed by atoms with Crippen LogP contribution in [-0.2, 0) is 19.3 Å². The Morgan fingerprint density at radius 3 is 2.59 bits per heavy atom. The largest absolute Gasteiger partial charge is 0.416 e. The number of non-ortho nitro benzene ring substituents is 1.